The van der Waals surface area contributed by atoms with Crippen LogP contribution in [0.25, 0.3) is 0 Å². The molecule has 0 radical (unpaired) electrons. The van der Waals surface area contributed by atoms with Gasteiger partial charge in [0.1, 0.15) is 11.6 Å². The van der Waals surface area contributed by atoms with E-state index in [0.717, 1.165) is 15.0 Å². The van der Waals surface area contributed by atoms with Gasteiger partial charge in [-0.05, 0) is 34.1 Å². The third-order valence-corrected chi connectivity index (χ3v) is 4.44. The fraction of sp³-hybridized carbons (Fsp3) is 0.154. The van der Waals surface area contributed by atoms with E-state index in [1.165, 1.54) is 6.07 Å². The molecule has 2 rings (SSSR count). The molecule has 0 unspecified atom stereocenters. The normalized spacial score (nSPS) is 10.1. The van der Waals surface area contributed by atoms with E-state index in [0.29, 0.717) is 6.54 Å². The number of hydrogen-bond acceptors (Lipinski definition) is 5. The van der Waals surface area contributed by atoms with Gasteiger partial charge in [0.15, 0.2) is 0 Å². The Kier molecular flexibility index (Phi) is 4.37. The van der Waals surface area contributed by atoms with Crippen molar-refractivity contribution in [2.24, 2.45) is 0 Å². The molecule has 1 aromatic heterocycles. The molecule has 0 atom stereocenters. The lowest BCUT2D eigenvalue weighted by Crippen LogP contribution is -2.15. The number of anilines is 1. The Morgan fingerprint density at radius 1 is 1.50 bits per heavy atom. The summed E-state index contributed by atoms with van der Waals surface area (Å²) < 4.78 is 1.03. The zero-order chi connectivity index (χ0) is 14.7. The lowest BCUT2D eigenvalue weighted by Gasteiger charge is -2.18. The van der Waals surface area contributed by atoms with Gasteiger partial charge in [-0.15, -0.1) is 11.3 Å². The van der Waals surface area contributed by atoms with Gasteiger partial charge < -0.3 is 4.90 Å². The molecule has 1 aromatic carbocycles. The zero-order valence-corrected chi connectivity index (χ0v) is 12.9. The van der Waals surface area contributed by atoms with E-state index in [9.17, 15) is 10.1 Å². The predicted octanol–water partition coefficient (Wildman–Crippen LogP) is 3.93. The van der Waals surface area contributed by atoms with Crippen molar-refractivity contribution in [2.75, 3.05) is 11.9 Å². The van der Waals surface area contributed by atoms with Crippen molar-refractivity contribution >= 4 is 38.6 Å². The highest BCUT2D eigenvalue weighted by Gasteiger charge is 2.15. The molecule has 7 heteroatoms. The van der Waals surface area contributed by atoms with Gasteiger partial charge in [0.25, 0.3) is 5.69 Å². The molecule has 0 aliphatic rings. The largest absolute Gasteiger partial charge is 0.369 e. The van der Waals surface area contributed by atoms with Crippen molar-refractivity contribution in [1.29, 1.82) is 5.26 Å². The number of halogens is 1. The number of thiophene rings is 1. The zero-order valence-electron chi connectivity index (χ0n) is 10.5. The second-order valence-electron chi connectivity index (χ2n) is 4.16. The Labute approximate surface area is 128 Å². The summed E-state index contributed by atoms with van der Waals surface area (Å²) in [7, 11) is 1.88. The van der Waals surface area contributed by atoms with Gasteiger partial charge in [0.05, 0.1) is 11.5 Å². The first kappa shape index (κ1) is 14.5. The highest BCUT2D eigenvalue weighted by atomic mass is 79.9. The lowest BCUT2D eigenvalue weighted by atomic mass is 10.1. The average molecular weight is 352 g/mol. The second-order valence-corrected chi connectivity index (χ2v) is 6.07. The molecule has 0 aliphatic carbocycles. The highest BCUT2D eigenvalue weighted by Crippen LogP contribution is 2.26. The Hall–Kier alpha value is -1.91. The summed E-state index contributed by atoms with van der Waals surface area (Å²) in [5.41, 5.74) is 0.687. The molecule has 0 aliphatic heterocycles. The minimum absolute atomic E-state index is 0.0757. The number of nitrogens with zero attached hydrogens (tertiary/aromatic N) is 3. The minimum Gasteiger partial charge on any atom is -0.369 e. The van der Waals surface area contributed by atoms with E-state index < -0.39 is 4.92 Å². The van der Waals surface area contributed by atoms with E-state index in [4.69, 9.17) is 5.26 Å². The number of rotatable bonds is 4. The van der Waals surface area contributed by atoms with Gasteiger partial charge in [-0.1, -0.05) is 0 Å². The van der Waals surface area contributed by atoms with Crippen LogP contribution in [0.3, 0.4) is 0 Å². The first-order valence-corrected chi connectivity index (χ1v) is 7.31. The van der Waals surface area contributed by atoms with Crippen LogP contribution in [0.1, 0.15) is 10.4 Å². The van der Waals surface area contributed by atoms with Crippen LogP contribution in [-0.2, 0) is 6.54 Å². The number of hydrogen-bond donors (Lipinski definition) is 0. The smallest absolute Gasteiger partial charge is 0.287 e. The van der Waals surface area contributed by atoms with E-state index in [1.54, 1.807) is 23.5 Å². The van der Waals surface area contributed by atoms with Crippen LogP contribution in [0.15, 0.2) is 34.1 Å². The van der Waals surface area contributed by atoms with Crippen molar-refractivity contribution in [2.45, 2.75) is 6.54 Å². The van der Waals surface area contributed by atoms with E-state index in [-0.39, 0.29) is 11.3 Å². The summed E-state index contributed by atoms with van der Waals surface area (Å²) in [5, 5.41) is 21.8. The predicted molar refractivity (Wildman–Crippen MR) is 81.9 cm³/mol. The molecule has 0 fully saturated rings. The minimum atomic E-state index is -0.543. The quantitative estimate of drug-likeness (QED) is 0.618. The van der Waals surface area contributed by atoms with Crippen molar-refractivity contribution < 1.29 is 4.92 Å². The maximum atomic E-state index is 10.8. The summed E-state index contributed by atoms with van der Waals surface area (Å²) in [6.07, 6.45) is 0. The van der Waals surface area contributed by atoms with Crippen molar-refractivity contribution in [3.05, 3.63) is 54.7 Å². The third kappa shape index (κ3) is 3.15. The van der Waals surface area contributed by atoms with Crippen LogP contribution in [-0.4, -0.2) is 12.0 Å². The summed E-state index contributed by atoms with van der Waals surface area (Å²) in [4.78, 5) is 13.4. The maximum absolute atomic E-state index is 10.8. The summed E-state index contributed by atoms with van der Waals surface area (Å²) in [6, 6.07) is 8.46. The molecule has 1 heterocycles. The molecule has 0 spiro atoms. The van der Waals surface area contributed by atoms with E-state index >= 15 is 0 Å². The Balaban J connectivity index is 2.24. The topological polar surface area (TPSA) is 70.2 Å². The SMILES string of the molecule is CN(Cc1cc(Br)cs1)c1ccc([N+](=O)[O-])c(C#N)c1. The Bertz CT molecular complexity index is 693. The molecule has 0 amide bonds. The van der Waals surface area contributed by atoms with E-state index in [2.05, 4.69) is 15.9 Å². The number of benzene rings is 1. The fourth-order valence-electron chi connectivity index (χ4n) is 1.77. The summed E-state index contributed by atoms with van der Waals surface area (Å²) in [5.74, 6) is 0. The molecule has 5 nitrogen and oxygen atoms in total. The lowest BCUT2D eigenvalue weighted by molar-refractivity contribution is -0.385. The van der Waals surface area contributed by atoms with Gasteiger partial charge in [-0.25, -0.2) is 0 Å². The Morgan fingerprint density at radius 2 is 2.25 bits per heavy atom. The molecular weight excluding hydrogens is 342 g/mol. The fourth-order valence-corrected chi connectivity index (χ4v) is 3.28. The molecule has 0 saturated carbocycles. The number of nitro groups is 1. The summed E-state index contributed by atoms with van der Waals surface area (Å²) >= 11 is 5.03. The van der Waals surface area contributed by atoms with Gasteiger partial charge in [-0.3, -0.25) is 10.1 Å². The van der Waals surface area contributed by atoms with Crippen LogP contribution in [0.4, 0.5) is 11.4 Å². The molecule has 102 valence electrons. The highest BCUT2D eigenvalue weighted by molar-refractivity contribution is 9.10. The summed E-state index contributed by atoms with van der Waals surface area (Å²) in [6.45, 7) is 0.680. The maximum Gasteiger partial charge on any atom is 0.287 e. The van der Waals surface area contributed by atoms with Gasteiger partial charge >= 0.3 is 0 Å². The van der Waals surface area contributed by atoms with Crippen molar-refractivity contribution in [3.63, 3.8) is 0 Å². The molecule has 20 heavy (non-hydrogen) atoms. The first-order chi connectivity index (χ1) is 9.51. The molecule has 0 saturated heterocycles. The van der Waals surface area contributed by atoms with Gasteiger partial charge in [-0.2, -0.15) is 5.26 Å². The number of nitriles is 1. The molecule has 0 bridgehead atoms. The second kappa shape index (κ2) is 6.03. The molecule has 0 N–H and O–H groups in total. The number of nitro benzene ring substituents is 1. The molecular formula is C13H10BrN3O2S. The van der Waals surface area contributed by atoms with Gasteiger partial charge in [0.2, 0.25) is 0 Å². The molecule has 2 aromatic rings. The van der Waals surface area contributed by atoms with Crippen LogP contribution in [0, 0.1) is 21.4 Å². The van der Waals surface area contributed by atoms with Crippen LogP contribution < -0.4 is 4.90 Å². The monoisotopic (exact) mass is 351 g/mol. The van der Waals surface area contributed by atoms with Gasteiger partial charge in [0, 0.05) is 33.5 Å². The van der Waals surface area contributed by atoms with Crippen molar-refractivity contribution in [1.82, 2.24) is 0 Å². The van der Waals surface area contributed by atoms with Crippen LogP contribution >= 0.6 is 27.3 Å². The standard InChI is InChI=1S/C13H10BrN3O2S/c1-16(7-12-5-10(14)8-20-12)11-2-3-13(17(18)19)9(4-11)6-15/h2-5,8H,7H2,1H3. The Morgan fingerprint density at radius 3 is 2.80 bits per heavy atom. The van der Waals surface area contributed by atoms with Crippen LogP contribution in [0.5, 0.6) is 0 Å². The van der Waals surface area contributed by atoms with E-state index in [1.807, 2.05) is 29.5 Å². The third-order valence-electron chi connectivity index (χ3n) is 2.75. The first-order valence-electron chi connectivity index (χ1n) is 5.64. The van der Waals surface area contributed by atoms with Crippen LogP contribution in [0.2, 0.25) is 0 Å². The average Bonchev–Trinajstić information content (AvgIpc) is 2.83. The van der Waals surface area contributed by atoms with Crippen molar-refractivity contribution in [3.8, 4) is 6.07 Å².